The maximum atomic E-state index is 11.1. The number of non-ortho nitro benzene ring substituents is 1. The van der Waals surface area contributed by atoms with Crippen LogP contribution in [0.15, 0.2) is 84.9 Å². The number of pyridine rings is 1. The van der Waals surface area contributed by atoms with E-state index in [1.807, 2.05) is 48.5 Å². The summed E-state index contributed by atoms with van der Waals surface area (Å²) < 4.78 is 4.46. The number of nitrogens with zero attached hydrogens (tertiary/aromatic N) is 3. The summed E-state index contributed by atoms with van der Waals surface area (Å²) in [4.78, 5) is 10.8. The van der Waals surface area contributed by atoms with E-state index in [1.54, 1.807) is 12.1 Å². The van der Waals surface area contributed by atoms with Crippen LogP contribution in [-0.2, 0) is 6.54 Å². The maximum Gasteiger partial charge on any atom is 0.287 e. The normalized spacial score (nSPS) is 11.4. The van der Waals surface area contributed by atoms with Crippen molar-refractivity contribution >= 4 is 33.3 Å². The number of benzene rings is 3. The van der Waals surface area contributed by atoms with Gasteiger partial charge in [0, 0.05) is 23.6 Å². The Balaban J connectivity index is 1.84. The van der Waals surface area contributed by atoms with Crippen molar-refractivity contribution in [1.29, 1.82) is 0 Å². The van der Waals surface area contributed by atoms with Crippen LogP contribution >= 0.6 is 0 Å². The lowest BCUT2D eigenvalue weighted by molar-refractivity contribution is -0.450. The highest BCUT2D eigenvalue weighted by molar-refractivity contribution is 5.84. The summed E-state index contributed by atoms with van der Waals surface area (Å²) >= 11 is 0. The van der Waals surface area contributed by atoms with Gasteiger partial charge in [-0.05, 0) is 29.8 Å². The van der Waals surface area contributed by atoms with Crippen LogP contribution in [0, 0.1) is 10.1 Å². The summed E-state index contributed by atoms with van der Waals surface area (Å²) in [6.45, 7) is 0.760. The van der Waals surface area contributed by atoms with Crippen LogP contribution in [0.4, 0.5) is 5.69 Å². The lowest BCUT2D eigenvalue weighted by Gasteiger charge is -2.01. The molecule has 0 saturated carbocycles. The zero-order valence-corrected chi connectivity index (χ0v) is 14.4. The molecule has 0 spiro atoms. The molecule has 0 saturated heterocycles. The second-order valence-corrected chi connectivity index (χ2v) is 6.59. The Bertz CT molecular complexity index is 1320. The minimum Gasteiger partial charge on any atom is -0.258 e. The molecule has 5 nitrogen and oxygen atoms in total. The molecular weight excluding hydrogens is 338 g/mol. The number of hydrogen-bond donors (Lipinski definition) is 0. The molecule has 5 rings (SSSR count). The van der Waals surface area contributed by atoms with Crippen molar-refractivity contribution in [1.82, 2.24) is 4.57 Å². The molecule has 0 amide bonds. The number of aromatic nitrogens is 2. The highest BCUT2D eigenvalue weighted by Gasteiger charge is 2.21. The van der Waals surface area contributed by atoms with Crippen LogP contribution < -0.4 is 4.40 Å². The minimum atomic E-state index is -0.354. The molecule has 0 radical (unpaired) electrons. The SMILES string of the molecule is O=[N+]([O-])c1ccc2c(ccc3n(Cc4ccccc4)c4ccccc4[n+]23)c1. The van der Waals surface area contributed by atoms with Gasteiger partial charge in [0.2, 0.25) is 0 Å². The van der Waals surface area contributed by atoms with Crippen LogP contribution in [0.5, 0.6) is 0 Å². The molecule has 0 fully saturated rings. The van der Waals surface area contributed by atoms with Gasteiger partial charge in [-0.15, -0.1) is 0 Å². The average molecular weight is 354 g/mol. The highest BCUT2D eigenvalue weighted by Crippen LogP contribution is 2.24. The van der Waals surface area contributed by atoms with E-state index in [2.05, 4.69) is 33.2 Å². The fourth-order valence-corrected chi connectivity index (χ4v) is 3.76. The van der Waals surface area contributed by atoms with Gasteiger partial charge in [0.1, 0.15) is 12.1 Å². The number of para-hydroxylation sites is 2. The topological polar surface area (TPSA) is 52.2 Å². The van der Waals surface area contributed by atoms with Gasteiger partial charge in [0.05, 0.1) is 4.92 Å². The zero-order valence-electron chi connectivity index (χ0n) is 14.4. The number of imidazole rings is 1. The second-order valence-electron chi connectivity index (χ2n) is 6.59. The van der Waals surface area contributed by atoms with Gasteiger partial charge >= 0.3 is 0 Å². The van der Waals surface area contributed by atoms with Crippen molar-refractivity contribution in [2.24, 2.45) is 0 Å². The molecule has 27 heavy (non-hydrogen) atoms. The molecule has 5 aromatic rings. The number of hydrogen-bond acceptors (Lipinski definition) is 2. The summed E-state index contributed by atoms with van der Waals surface area (Å²) in [6.07, 6.45) is 0. The molecule has 0 aliphatic carbocycles. The van der Waals surface area contributed by atoms with E-state index in [9.17, 15) is 10.1 Å². The van der Waals surface area contributed by atoms with E-state index >= 15 is 0 Å². The lowest BCUT2D eigenvalue weighted by Crippen LogP contribution is -2.22. The molecule has 0 bridgehead atoms. The third kappa shape index (κ3) is 2.44. The smallest absolute Gasteiger partial charge is 0.258 e. The predicted octanol–water partition coefficient (Wildman–Crippen LogP) is 4.49. The van der Waals surface area contributed by atoms with Crippen molar-refractivity contribution in [2.45, 2.75) is 6.54 Å². The van der Waals surface area contributed by atoms with E-state index in [0.717, 1.165) is 34.1 Å². The summed E-state index contributed by atoms with van der Waals surface area (Å²) in [5, 5.41) is 12.0. The van der Waals surface area contributed by atoms with Gasteiger partial charge in [-0.2, -0.15) is 4.40 Å². The van der Waals surface area contributed by atoms with E-state index < -0.39 is 0 Å². The first kappa shape index (κ1) is 15.5. The first-order chi connectivity index (χ1) is 13.2. The third-order valence-corrected chi connectivity index (χ3v) is 4.98. The molecule has 0 unspecified atom stereocenters. The Kier molecular flexibility index (Phi) is 3.40. The number of fused-ring (bicyclic) bond motifs is 5. The van der Waals surface area contributed by atoms with Crippen LogP contribution in [0.2, 0.25) is 0 Å². The van der Waals surface area contributed by atoms with Crippen molar-refractivity contribution in [3.8, 4) is 0 Å². The Morgan fingerprint density at radius 1 is 0.852 bits per heavy atom. The second kappa shape index (κ2) is 5.92. The fraction of sp³-hybridized carbons (Fsp3) is 0.0455. The Hall–Kier alpha value is -3.73. The molecule has 0 aliphatic rings. The maximum absolute atomic E-state index is 11.1. The molecule has 0 atom stereocenters. The molecule has 2 heterocycles. The molecule has 0 aliphatic heterocycles. The van der Waals surface area contributed by atoms with Gasteiger partial charge in [0.15, 0.2) is 11.0 Å². The van der Waals surface area contributed by atoms with Gasteiger partial charge in [-0.25, -0.2) is 4.57 Å². The van der Waals surface area contributed by atoms with E-state index in [1.165, 1.54) is 5.56 Å². The Morgan fingerprint density at radius 3 is 2.44 bits per heavy atom. The average Bonchev–Trinajstić information content (AvgIpc) is 3.02. The third-order valence-electron chi connectivity index (χ3n) is 4.98. The highest BCUT2D eigenvalue weighted by atomic mass is 16.6. The summed E-state index contributed by atoms with van der Waals surface area (Å²) in [7, 11) is 0. The molecular formula is C22H16N3O2+. The number of rotatable bonds is 3. The Morgan fingerprint density at radius 2 is 1.63 bits per heavy atom. The lowest BCUT2D eigenvalue weighted by atomic mass is 10.2. The Labute approximate surface area is 154 Å². The van der Waals surface area contributed by atoms with Gasteiger partial charge in [-0.1, -0.05) is 42.5 Å². The monoisotopic (exact) mass is 354 g/mol. The van der Waals surface area contributed by atoms with Gasteiger partial charge < -0.3 is 0 Å². The summed E-state index contributed by atoms with van der Waals surface area (Å²) in [5.41, 5.74) is 5.57. The zero-order chi connectivity index (χ0) is 18.4. The van der Waals surface area contributed by atoms with Crippen molar-refractivity contribution in [3.05, 3.63) is 101 Å². The van der Waals surface area contributed by atoms with E-state index in [-0.39, 0.29) is 10.6 Å². The van der Waals surface area contributed by atoms with Crippen LogP contribution in [-0.4, -0.2) is 9.49 Å². The fourth-order valence-electron chi connectivity index (χ4n) is 3.76. The molecule has 2 aromatic heterocycles. The van der Waals surface area contributed by atoms with Crippen LogP contribution in [0.3, 0.4) is 0 Å². The van der Waals surface area contributed by atoms with Gasteiger partial charge in [0.25, 0.3) is 11.3 Å². The predicted molar refractivity (Wildman–Crippen MR) is 105 cm³/mol. The molecule has 3 aromatic carbocycles. The standard InChI is InChI=1S/C22H16N3O2/c26-25(27)18-11-12-19-17(14-18)10-13-22-23(15-16-6-2-1-3-7-16)20-8-4-5-9-21(20)24(19)22/h1-14H,15H2/q+1. The molecule has 5 heteroatoms. The first-order valence-electron chi connectivity index (χ1n) is 8.76. The minimum absolute atomic E-state index is 0.107. The summed E-state index contributed by atoms with van der Waals surface area (Å²) in [5.74, 6) is 0. The number of nitro benzene ring substituents is 1. The quantitative estimate of drug-likeness (QED) is 0.272. The largest absolute Gasteiger partial charge is 0.287 e. The van der Waals surface area contributed by atoms with Crippen LogP contribution in [0.25, 0.3) is 27.6 Å². The summed E-state index contributed by atoms with van der Waals surface area (Å²) in [6, 6.07) is 27.6. The molecule has 130 valence electrons. The van der Waals surface area contributed by atoms with E-state index in [4.69, 9.17) is 0 Å². The van der Waals surface area contributed by atoms with Crippen molar-refractivity contribution < 1.29 is 9.32 Å². The first-order valence-corrected chi connectivity index (χ1v) is 8.76. The molecule has 0 N–H and O–H groups in total. The number of nitro groups is 1. The van der Waals surface area contributed by atoms with Gasteiger partial charge in [-0.3, -0.25) is 10.1 Å². The van der Waals surface area contributed by atoms with Crippen LogP contribution in [0.1, 0.15) is 5.56 Å². The van der Waals surface area contributed by atoms with Crippen molar-refractivity contribution in [3.63, 3.8) is 0 Å². The van der Waals surface area contributed by atoms with E-state index in [0.29, 0.717) is 0 Å². The van der Waals surface area contributed by atoms with Crippen molar-refractivity contribution in [2.75, 3.05) is 0 Å².